The second kappa shape index (κ2) is 7.50. The molecule has 2 heterocycles. The van der Waals surface area contributed by atoms with Crippen LogP contribution in [0.1, 0.15) is 34.1 Å². The Bertz CT molecular complexity index is 1040. The van der Waals surface area contributed by atoms with E-state index in [1.165, 1.54) is 31.4 Å². The topological polar surface area (TPSA) is 91.7 Å². The molecular formula is C17H15Br2NO6S. The van der Waals surface area contributed by atoms with Crippen LogP contribution < -0.4 is 0 Å². The number of fused-ring (bicyclic) bond motifs is 1. The van der Waals surface area contributed by atoms with Crippen LogP contribution in [0.5, 0.6) is 0 Å². The Labute approximate surface area is 173 Å². The number of esters is 1. The number of hydrogen-bond acceptors (Lipinski definition) is 6. The van der Waals surface area contributed by atoms with E-state index in [4.69, 9.17) is 4.74 Å². The lowest BCUT2D eigenvalue weighted by Crippen LogP contribution is -2.12. The molecule has 0 radical (unpaired) electrons. The summed E-state index contributed by atoms with van der Waals surface area (Å²) in [5.41, 5.74) is 1.20. The van der Waals surface area contributed by atoms with Crippen LogP contribution in [0.2, 0.25) is 0 Å². The van der Waals surface area contributed by atoms with Gasteiger partial charge >= 0.3 is 5.97 Å². The third kappa shape index (κ3) is 3.39. The maximum Gasteiger partial charge on any atom is 0.314 e. The van der Waals surface area contributed by atoms with Gasteiger partial charge in [0.2, 0.25) is 5.78 Å². The number of ketones is 1. The molecule has 0 bridgehead atoms. The average molecular weight is 521 g/mol. The van der Waals surface area contributed by atoms with E-state index >= 15 is 0 Å². The van der Waals surface area contributed by atoms with Crippen molar-refractivity contribution < 1.29 is 26.9 Å². The summed E-state index contributed by atoms with van der Waals surface area (Å²) in [4.78, 5) is 25.1. The van der Waals surface area contributed by atoms with Gasteiger partial charge in [-0.15, -0.1) is 0 Å². The molecule has 3 rings (SSSR count). The fourth-order valence-electron chi connectivity index (χ4n) is 3.16. The third-order valence-corrected chi connectivity index (χ3v) is 7.84. The van der Waals surface area contributed by atoms with Gasteiger partial charge in [-0.25, -0.2) is 0 Å². The molecule has 0 N–H and O–H groups in total. The molecule has 0 spiro atoms. The smallest absolute Gasteiger partial charge is 0.314 e. The number of halogens is 2. The molecule has 0 fully saturated rings. The van der Waals surface area contributed by atoms with E-state index in [9.17, 15) is 18.0 Å². The first kappa shape index (κ1) is 20.2. The zero-order chi connectivity index (χ0) is 19.9. The Morgan fingerprint density at radius 1 is 1.19 bits per heavy atom. The average Bonchev–Trinajstić information content (AvgIpc) is 3.20. The van der Waals surface area contributed by atoms with E-state index in [2.05, 4.69) is 36.0 Å². The summed E-state index contributed by atoms with van der Waals surface area (Å²) in [7, 11) is -1.53. The molecule has 0 saturated carbocycles. The molecule has 10 heteroatoms. The molecule has 1 aliphatic rings. The zero-order valence-electron chi connectivity index (χ0n) is 14.4. The predicted molar refractivity (Wildman–Crippen MR) is 103 cm³/mol. The van der Waals surface area contributed by atoms with Gasteiger partial charge in [-0.2, -0.15) is 8.42 Å². The van der Waals surface area contributed by atoms with Gasteiger partial charge in [0, 0.05) is 17.8 Å². The van der Waals surface area contributed by atoms with E-state index in [0.717, 1.165) is 7.11 Å². The summed E-state index contributed by atoms with van der Waals surface area (Å²) in [6, 6.07) is 5.64. The fraction of sp³-hybridized carbons (Fsp3) is 0.294. The van der Waals surface area contributed by atoms with Gasteiger partial charge in [-0.3, -0.25) is 13.8 Å². The minimum Gasteiger partial charge on any atom is -0.469 e. The lowest BCUT2D eigenvalue weighted by molar-refractivity contribution is -0.142. The Morgan fingerprint density at radius 2 is 1.89 bits per heavy atom. The second-order valence-corrected chi connectivity index (χ2v) is 9.15. The lowest BCUT2D eigenvalue weighted by atomic mass is 10.1. The van der Waals surface area contributed by atoms with Crippen molar-refractivity contribution >= 4 is 53.7 Å². The molecule has 1 atom stereocenters. The summed E-state index contributed by atoms with van der Waals surface area (Å²) in [5, 5.41) is 0. The van der Waals surface area contributed by atoms with Crippen LogP contribution in [-0.4, -0.2) is 39.0 Å². The van der Waals surface area contributed by atoms with Gasteiger partial charge in [0.15, 0.2) is 0 Å². The van der Waals surface area contributed by atoms with Crippen molar-refractivity contribution in [3.63, 3.8) is 0 Å². The minimum atomic E-state index is -3.92. The third-order valence-electron chi connectivity index (χ3n) is 4.46. The molecule has 0 aliphatic carbocycles. The van der Waals surface area contributed by atoms with Crippen LogP contribution in [0, 0.1) is 0 Å². The Balaban J connectivity index is 2.09. The van der Waals surface area contributed by atoms with Crippen LogP contribution in [0.25, 0.3) is 0 Å². The van der Waals surface area contributed by atoms with Gasteiger partial charge in [-0.05, 0) is 50.4 Å². The van der Waals surface area contributed by atoms with Crippen LogP contribution in [-0.2, 0) is 30.4 Å². The quantitative estimate of drug-likeness (QED) is 0.341. The summed E-state index contributed by atoms with van der Waals surface area (Å²) < 4.78 is 36.1. The highest BCUT2D eigenvalue weighted by Gasteiger charge is 2.37. The van der Waals surface area contributed by atoms with Gasteiger partial charge in [-0.1, -0.05) is 12.1 Å². The standard InChI is InChI=1S/C17H15Br2NO6S/c1-25-17(22)11-6-7-20-14(11)12(18)13(19)15(20)16(21)9-4-3-5-10(8-9)27(23,24)26-2/h3-5,8,11H,6-7H2,1-2H3. The number of hydrogen-bond donors (Lipinski definition) is 0. The number of carbonyl (C=O) groups excluding carboxylic acids is 2. The van der Waals surface area contributed by atoms with Crippen molar-refractivity contribution in [1.29, 1.82) is 0 Å². The summed E-state index contributed by atoms with van der Waals surface area (Å²) in [5.74, 6) is -1.21. The van der Waals surface area contributed by atoms with Gasteiger partial charge in [0.1, 0.15) is 5.69 Å². The van der Waals surface area contributed by atoms with Crippen molar-refractivity contribution in [3.05, 3.63) is 50.2 Å². The van der Waals surface area contributed by atoms with Crippen LogP contribution in [0.3, 0.4) is 0 Å². The molecule has 1 aromatic carbocycles. The Kier molecular flexibility index (Phi) is 5.62. The summed E-state index contributed by atoms with van der Waals surface area (Å²) in [6.07, 6.45) is 0.520. The largest absolute Gasteiger partial charge is 0.469 e. The molecule has 1 aromatic heterocycles. The number of aromatic nitrogens is 1. The number of carbonyl (C=O) groups is 2. The van der Waals surface area contributed by atoms with Gasteiger partial charge in [0.05, 0.1) is 34.0 Å². The highest BCUT2D eigenvalue weighted by atomic mass is 79.9. The number of ether oxygens (including phenoxy) is 1. The lowest BCUT2D eigenvalue weighted by Gasteiger charge is -2.08. The normalized spacial score (nSPS) is 16.2. The minimum absolute atomic E-state index is 0.105. The number of benzene rings is 1. The predicted octanol–water partition coefficient (Wildman–Crippen LogP) is 3.24. The van der Waals surface area contributed by atoms with E-state index in [1.807, 2.05) is 0 Å². The number of rotatable bonds is 5. The van der Waals surface area contributed by atoms with E-state index in [0.29, 0.717) is 33.3 Å². The highest BCUT2D eigenvalue weighted by molar-refractivity contribution is 9.13. The molecule has 0 saturated heterocycles. The maximum absolute atomic E-state index is 13.1. The van der Waals surface area contributed by atoms with Crippen molar-refractivity contribution in [3.8, 4) is 0 Å². The first-order valence-corrected chi connectivity index (χ1v) is 10.8. The SMILES string of the molecule is COC(=O)C1CCn2c(C(=O)c3cccc(S(=O)(=O)OC)c3)c(Br)c(Br)c21. The fourth-order valence-corrected chi connectivity index (χ4v) is 5.15. The van der Waals surface area contributed by atoms with Crippen molar-refractivity contribution in [2.24, 2.45) is 0 Å². The van der Waals surface area contributed by atoms with Crippen LogP contribution in [0.4, 0.5) is 0 Å². The van der Waals surface area contributed by atoms with E-state index < -0.39 is 16.0 Å². The van der Waals surface area contributed by atoms with Gasteiger partial charge in [0.25, 0.3) is 10.1 Å². The van der Waals surface area contributed by atoms with Crippen molar-refractivity contribution in [2.75, 3.05) is 14.2 Å². The molecular weight excluding hydrogens is 506 g/mol. The van der Waals surface area contributed by atoms with Gasteiger partial charge < -0.3 is 9.30 Å². The molecule has 1 aliphatic heterocycles. The molecule has 144 valence electrons. The van der Waals surface area contributed by atoms with Crippen LogP contribution in [0.15, 0.2) is 38.1 Å². The molecule has 27 heavy (non-hydrogen) atoms. The van der Waals surface area contributed by atoms with Crippen molar-refractivity contribution in [1.82, 2.24) is 4.57 Å². The summed E-state index contributed by atoms with van der Waals surface area (Å²) in [6.45, 7) is 0.469. The Morgan fingerprint density at radius 3 is 2.52 bits per heavy atom. The monoisotopic (exact) mass is 519 g/mol. The maximum atomic E-state index is 13.1. The molecule has 7 nitrogen and oxygen atoms in total. The first-order chi connectivity index (χ1) is 12.7. The number of nitrogens with zero attached hydrogens (tertiary/aromatic N) is 1. The van der Waals surface area contributed by atoms with Crippen molar-refractivity contribution in [2.45, 2.75) is 23.8 Å². The number of methoxy groups -OCH3 is 1. The highest BCUT2D eigenvalue weighted by Crippen LogP contribution is 2.43. The molecule has 2 aromatic rings. The zero-order valence-corrected chi connectivity index (χ0v) is 18.4. The first-order valence-electron chi connectivity index (χ1n) is 7.83. The molecule has 1 unspecified atom stereocenters. The second-order valence-electron chi connectivity index (χ2n) is 5.86. The molecule has 0 amide bonds. The van der Waals surface area contributed by atoms with Crippen LogP contribution >= 0.6 is 31.9 Å². The Hall–Kier alpha value is -1.49. The van der Waals surface area contributed by atoms with E-state index in [1.54, 1.807) is 4.57 Å². The summed E-state index contributed by atoms with van der Waals surface area (Å²) >= 11 is 6.86. The van der Waals surface area contributed by atoms with E-state index in [-0.39, 0.29) is 22.2 Å².